The van der Waals surface area contributed by atoms with Crippen LogP contribution >= 0.6 is 11.6 Å². The van der Waals surface area contributed by atoms with E-state index in [0.29, 0.717) is 17.6 Å². The summed E-state index contributed by atoms with van der Waals surface area (Å²) in [7, 11) is 1.60. The van der Waals surface area contributed by atoms with E-state index >= 15 is 0 Å². The lowest BCUT2D eigenvalue weighted by atomic mass is 10.1. The minimum Gasteiger partial charge on any atom is -0.481 e. The lowest BCUT2D eigenvalue weighted by molar-refractivity contribution is 0.397. The number of nitrogens with zero attached hydrogens (tertiary/aromatic N) is 5. The quantitative estimate of drug-likeness (QED) is 0.525. The van der Waals surface area contributed by atoms with E-state index in [0.717, 1.165) is 27.7 Å². The van der Waals surface area contributed by atoms with Gasteiger partial charge in [-0.05, 0) is 23.8 Å². The Morgan fingerprint density at radius 3 is 2.72 bits per heavy atom. The van der Waals surface area contributed by atoms with Crippen molar-refractivity contribution in [3.8, 4) is 17.0 Å². The zero-order valence-corrected chi connectivity index (χ0v) is 14.2. The van der Waals surface area contributed by atoms with Crippen LogP contribution < -0.4 is 4.74 Å². The molecule has 0 aromatic carbocycles. The molecule has 4 aromatic rings. The van der Waals surface area contributed by atoms with Gasteiger partial charge >= 0.3 is 0 Å². The third-order valence-corrected chi connectivity index (χ3v) is 4.03. The van der Waals surface area contributed by atoms with Crippen molar-refractivity contribution in [2.75, 3.05) is 7.11 Å². The topological polar surface area (TPSA) is 65.7 Å². The van der Waals surface area contributed by atoms with Crippen LogP contribution in [-0.4, -0.2) is 31.8 Å². The van der Waals surface area contributed by atoms with Gasteiger partial charge in [-0.2, -0.15) is 5.10 Å². The highest BCUT2D eigenvalue weighted by Crippen LogP contribution is 2.22. The van der Waals surface area contributed by atoms with E-state index in [1.54, 1.807) is 19.4 Å². The van der Waals surface area contributed by atoms with Crippen LogP contribution in [0.5, 0.6) is 5.88 Å². The second-order valence-corrected chi connectivity index (χ2v) is 5.92. The summed E-state index contributed by atoms with van der Waals surface area (Å²) in [5.74, 6) is 0.596. The molecule has 0 radical (unpaired) electrons. The molecular weight excluding hydrogens is 338 g/mol. The minimum absolute atomic E-state index is 0.453. The maximum absolute atomic E-state index is 5.96. The minimum atomic E-state index is 0.453. The highest BCUT2D eigenvalue weighted by molar-refractivity contribution is 6.29. The summed E-state index contributed by atoms with van der Waals surface area (Å²) >= 11 is 5.96. The van der Waals surface area contributed by atoms with Crippen molar-refractivity contribution in [3.05, 3.63) is 65.8 Å². The zero-order valence-electron chi connectivity index (χ0n) is 13.4. The van der Waals surface area contributed by atoms with E-state index in [9.17, 15) is 0 Å². The van der Waals surface area contributed by atoms with Crippen molar-refractivity contribution >= 4 is 22.6 Å². The van der Waals surface area contributed by atoms with E-state index in [-0.39, 0.29) is 0 Å². The average Bonchev–Trinajstić information content (AvgIpc) is 3.10. The van der Waals surface area contributed by atoms with E-state index in [1.165, 1.54) is 0 Å². The van der Waals surface area contributed by atoms with Crippen molar-refractivity contribution in [3.63, 3.8) is 0 Å². The first kappa shape index (κ1) is 15.5. The molecule has 0 saturated carbocycles. The van der Waals surface area contributed by atoms with Crippen LogP contribution in [0.1, 0.15) is 5.56 Å². The number of hydrogen-bond acceptors (Lipinski definition) is 5. The fraction of sp³-hybridized carbons (Fsp3) is 0.111. The molecule has 7 heteroatoms. The third-order valence-electron chi connectivity index (χ3n) is 3.82. The Bertz CT molecular complexity index is 1030. The summed E-state index contributed by atoms with van der Waals surface area (Å²) in [6.45, 7) is 0.627. The Balaban J connectivity index is 1.59. The lowest BCUT2D eigenvalue weighted by Crippen LogP contribution is -2.00. The van der Waals surface area contributed by atoms with Gasteiger partial charge < -0.3 is 4.74 Å². The number of aromatic nitrogens is 5. The largest absolute Gasteiger partial charge is 0.481 e. The molecule has 0 bridgehead atoms. The van der Waals surface area contributed by atoms with Gasteiger partial charge in [0.05, 0.1) is 30.9 Å². The standard InChI is InChI=1S/C18H14ClN5O/c1-25-18-5-2-12(7-21-18)10-24-11-14(9-22-24)13-6-16-15(20-8-13)3-4-17(19)23-16/h2-9,11H,10H2,1H3. The lowest BCUT2D eigenvalue weighted by Gasteiger charge is -2.03. The SMILES string of the molecule is COc1ccc(Cn2cc(-c3cnc4ccc(Cl)nc4c3)cn2)cn1. The second-order valence-electron chi connectivity index (χ2n) is 5.53. The third kappa shape index (κ3) is 3.29. The summed E-state index contributed by atoms with van der Waals surface area (Å²) < 4.78 is 6.92. The smallest absolute Gasteiger partial charge is 0.212 e. The van der Waals surface area contributed by atoms with Crippen molar-refractivity contribution in [1.82, 2.24) is 24.7 Å². The molecule has 0 aliphatic heterocycles. The van der Waals surface area contributed by atoms with Crippen LogP contribution in [0.4, 0.5) is 0 Å². The van der Waals surface area contributed by atoms with Gasteiger partial charge in [-0.1, -0.05) is 17.7 Å². The van der Waals surface area contributed by atoms with Crippen molar-refractivity contribution < 1.29 is 4.74 Å². The Kier molecular flexibility index (Phi) is 4.03. The highest BCUT2D eigenvalue weighted by Gasteiger charge is 2.06. The van der Waals surface area contributed by atoms with Crippen LogP contribution in [0.2, 0.25) is 5.15 Å². The fourth-order valence-electron chi connectivity index (χ4n) is 2.55. The van der Waals surface area contributed by atoms with Gasteiger partial charge in [-0.15, -0.1) is 0 Å². The number of fused-ring (bicyclic) bond motifs is 1. The van der Waals surface area contributed by atoms with Gasteiger partial charge in [0.15, 0.2) is 0 Å². The molecule has 0 unspecified atom stereocenters. The zero-order chi connectivity index (χ0) is 17.2. The van der Waals surface area contributed by atoms with Gasteiger partial charge in [-0.25, -0.2) is 9.97 Å². The fourth-order valence-corrected chi connectivity index (χ4v) is 2.71. The van der Waals surface area contributed by atoms with Gasteiger partial charge in [0.2, 0.25) is 5.88 Å². The second kappa shape index (κ2) is 6.49. The molecule has 0 amide bonds. The maximum Gasteiger partial charge on any atom is 0.212 e. The summed E-state index contributed by atoms with van der Waals surface area (Å²) in [6, 6.07) is 9.36. The Morgan fingerprint density at radius 1 is 1.00 bits per heavy atom. The van der Waals surface area contributed by atoms with Crippen LogP contribution in [0, 0.1) is 0 Å². The first-order valence-corrected chi connectivity index (χ1v) is 8.03. The molecule has 6 nitrogen and oxygen atoms in total. The van der Waals surface area contributed by atoms with Gasteiger partial charge in [0.1, 0.15) is 5.15 Å². The normalized spacial score (nSPS) is 11.0. The number of methoxy groups -OCH3 is 1. The number of rotatable bonds is 4. The molecule has 0 aliphatic carbocycles. The maximum atomic E-state index is 5.96. The van der Waals surface area contributed by atoms with Crippen LogP contribution in [-0.2, 0) is 6.54 Å². The van der Waals surface area contributed by atoms with Gasteiger partial charge in [0, 0.05) is 35.8 Å². The summed E-state index contributed by atoms with van der Waals surface area (Å²) in [5, 5.41) is 4.86. The van der Waals surface area contributed by atoms with E-state index < -0.39 is 0 Å². The molecule has 4 aromatic heterocycles. The number of pyridine rings is 3. The van der Waals surface area contributed by atoms with Gasteiger partial charge in [-0.3, -0.25) is 9.67 Å². The van der Waals surface area contributed by atoms with E-state index in [2.05, 4.69) is 20.1 Å². The van der Waals surface area contributed by atoms with E-state index in [4.69, 9.17) is 16.3 Å². The van der Waals surface area contributed by atoms with E-state index in [1.807, 2.05) is 47.5 Å². The molecular formula is C18H14ClN5O. The molecule has 124 valence electrons. The summed E-state index contributed by atoms with van der Waals surface area (Å²) in [4.78, 5) is 12.9. The summed E-state index contributed by atoms with van der Waals surface area (Å²) in [6.07, 6.45) is 7.37. The Morgan fingerprint density at radius 2 is 1.92 bits per heavy atom. The van der Waals surface area contributed by atoms with Crippen LogP contribution in [0.3, 0.4) is 0 Å². The van der Waals surface area contributed by atoms with Crippen LogP contribution in [0.25, 0.3) is 22.2 Å². The van der Waals surface area contributed by atoms with Gasteiger partial charge in [0.25, 0.3) is 0 Å². The molecule has 0 fully saturated rings. The molecule has 25 heavy (non-hydrogen) atoms. The first-order valence-electron chi connectivity index (χ1n) is 7.65. The highest BCUT2D eigenvalue weighted by atomic mass is 35.5. The number of hydrogen-bond donors (Lipinski definition) is 0. The van der Waals surface area contributed by atoms with Crippen molar-refractivity contribution in [1.29, 1.82) is 0 Å². The average molecular weight is 352 g/mol. The number of halogens is 1. The molecule has 0 aliphatic rings. The molecule has 0 N–H and O–H groups in total. The molecule has 0 atom stereocenters. The first-order chi connectivity index (χ1) is 12.2. The number of ether oxygens (including phenoxy) is 1. The monoisotopic (exact) mass is 351 g/mol. The predicted octanol–water partition coefficient (Wildman–Crippen LogP) is 3.60. The molecule has 4 rings (SSSR count). The summed E-state index contributed by atoms with van der Waals surface area (Å²) in [5.41, 5.74) is 4.53. The Hall–Kier alpha value is -2.99. The van der Waals surface area contributed by atoms with Crippen molar-refractivity contribution in [2.45, 2.75) is 6.54 Å². The molecule has 0 saturated heterocycles. The Labute approximate surface area is 149 Å². The van der Waals surface area contributed by atoms with Crippen molar-refractivity contribution in [2.24, 2.45) is 0 Å². The molecule has 4 heterocycles. The van der Waals surface area contributed by atoms with Crippen LogP contribution in [0.15, 0.2) is 55.1 Å². The predicted molar refractivity (Wildman–Crippen MR) is 95.7 cm³/mol. The molecule has 0 spiro atoms.